The van der Waals surface area contributed by atoms with E-state index in [0.717, 1.165) is 17.3 Å². The van der Waals surface area contributed by atoms with Gasteiger partial charge in [0, 0.05) is 13.1 Å². The summed E-state index contributed by atoms with van der Waals surface area (Å²) in [5, 5.41) is 11.0. The molecule has 0 N–H and O–H groups in total. The van der Waals surface area contributed by atoms with Crippen LogP contribution in [0, 0.1) is 11.6 Å². The summed E-state index contributed by atoms with van der Waals surface area (Å²) >= 11 is 0. The summed E-state index contributed by atoms with van der Waals surface area (Å²) in [6, 6.07) is 11.8. The molecule has 6 nitrogen and oxygen atoms in total. The van der Waals surface area contributed by atoms with Crippen molar-refractivity contribution in [3.63, 3.8) is 0 Å². The smallest absolute Gasteiger partial charge is 0.226 e. The summed E-state index contributed by atoms with van der Waals surface area (Å²) in [5.41, 5.74) is 2.13. The fraction of sp³-hybridized carbons (Fsp3) is 0.300. The first-order chi connectivity index (χ1) is 13.6. The van der Waals surface area contributed by atoms with Crippen LogP contribution < -0.4 is 0 Å². The van der Waals surface area contributed by atoms with Crippen molar-refractivity contribution in [3.8, 4) is 5.69 Å². The molecule has 1 fully saturated rings. The molecule has 4 rings (SSSR count). The Morgan fingerprint density at radius 2 is 1.82 bits per heavy atom. The van der Waals surface area contributed by atoms with Gasteiger partial charge in [0.1, 0.15) is 6.33 Å². The van der Waals surface area contributed by atoms with Crippen molar-refractivity contribution >= 4 is 5.91 Å². The number of halogens is 2. The molecule has 144 valence electrons. The lowest BCUT2D eigenvalue weighted by molar-refractivity contribution is -0.131. The van der Waals surface area contributed by atoms with Crippen LogP contribution in [0.1, 0.15) is 29.9 Å². The molecule has 8 heteroatoms. The molecular weight excluding hydrogens is 364 g/mol. The minimum atomic E-state index is -0.818. The molecule has 28 heavy (non-hydrogen) atoms. The molecule has 2 heterocycles. The van der Waals surface area contributed by atoms with E-state index in [1.165, 1.54) is 12.4 Å². The lowest BCUT2D eigenvalue weighted by Gasteiger charge is -2.32. The normalized spacial score (nSPS) is 15.0. The van der Waals surface area contributed by atoms with Gasteiger partial charge in [-0.1, -0.05) is 24.3 Å². The van der Waals surface area contributed by atoms with Crippen LogP contribution in [0.3, 0.4) is 0 Å². The Morgan fingerprint density at radius 3 is 2.50 bits per heavy atom. The Bertz CT molecular complexity index is 951. The summed E-state index contributed by atoms with van der Waals surface area (Å²) in [6.07, 6.45) is 3.06. The highest BCUT2D eigenvalue weighted by atomic mass is 19.2. The highest BCUT2D eigenvalue weighted by Gasteiger charge is 2.26. The Morgan fingerprint density at radius 1 is 1.07 bits per heavy atom. The first-order valence-corrected chi connectivity index (χ1v) is 9.16. The lowest BCUT2D eigenvalue weighted by Crippen LogP contribution is -2.39. The van der Waals surface area contributed by atoms with Crippen molar-refractivity contribution < 1.29 is 13.6 Å². The molecule has 1 aromatic heterocycles. The second kappa shape index (κ2) is 7.84. The van der Waals surface area contributed by atoms with E-state index in [0.29, 0.717) is 37.9 Å². The van der Waals surface area contributed by atoms with E-state index in [1.807, 2.05) is 24.3 Å². The van der Waals surface area contributed by atoms with Crippen molar-refractivity contribution in [2.24, 2.45) is 0 Å². The van der Waals surface area contributed by atoms with Gasteiger partial charge in [-0.15, -0.1) is 5.10 Å². The molecule has 0 unspecified atom stereocenters. The summed E-state index contributed by atoms with van der Waals surface area (Å²) < 4.78 is 29.0. The number of hydrogen-bond acceptors (Lipinski definition) is 4. The maximum absolute atomic E-state index is 14.0. The zero-order valence-electron chi connectivity index (χ0n) is 15.1. The number of benzene rings is 2. The van der Waals surface area contributed by atoms with Gasteiger partial charge in [0.25, 0.3) is 0 Å². The first kappa shape index (κ1) is 18.2. The maximum Gasteiger partial charge on any atom is 0.226 e. The predicted molar refractivity (Wildman–Crippen MR) is 97.8 cm³/mol. The van der Waals surface area contributed by atoms with Gasteiger partial charge in [-0.05, 0) is 58.5 Å². The van der Waals surface area contributed by atoms with E-state index in [4.69, 9.17) is 0 Å². The molecule has 0 saturated carbocycles. The molecule has 2 aromatic carbocycles. The van der Waals surface area contributed by atoms with Crippen LogP contribution in [0.25, 0.3) is 5.69 Å². The summed E-state index contributed by atoms with van der Waals surface area (Å²) in [5.74, 6) is -1.61. The van der Waals surface area contributed by atoms with Crippen LogP contribution in [-0.2, 0) is 11.2 Å². The molecular formula is C20H19F2N5O. The van der Waals surface area contributed by atoms with Crippen LogP contribution in [0.15, 0.2) is 48.8 Å². The zero-order chi connectivity index (χ0) is 19.5. The molecule has 0 atom stereocenters. The molecule has 1 amide bonds. The molecule has 0 aliphatic carbocycles. The van der Waals surface area contributed by atoms with Crippen molar-refractivity contribution in [1.29, 1.82) is 0 Å². The Labute approximate surface area is 160 Å². The number of amides is 1. The minimum Gasteiger partial charge on any atom is -0.342 e. The van der Waals surface area contributed by atoms with E-state index in [-0.39, 0.29) is 11.8 Å². The topological polar surface area (TPSA) is 63.9 Å². The number of nitrogens with zero attached hydrogens (tertiary/aromatic N) is 5. The van der Waals surface area contributed by atoms with Gasteiger partial charge in [-0.3, -0.25) is 4.79 Å². The first-order valence-electron chi connectivity index (χ1n) is 9.16. The second-order valence-corrected chi connectivity index (χ2v) is 6.90. The Kier molecular flexibility index (Phi) is 5.10. The molecule has 0 spiro atoms. The van der Waals surface area contributed by atoms with E-state index >= 15 is 0 Å². The monoisotopic (exact) mass is 383 g/mol. The number of rotatable bonds is 4. The second-order valence-electron chi connectivity index (χ2n) is 6.90. The summed E-state index contributed by atoms with van der Waals surface area (Å²) in [7, 11) is 0. The van der Waals surface area contributed by atoms with E-state index < -0.39 is 11.6 Å². The zero-order valence-corrected chi connectivity index (χ0v) is 15.1. The van der Waals surface area contributed by atoms with Crippen molar-refractivity contribution in [2.75, 3.05) is 13.1 Å². The highest BCUT2D eigenvalue weighted by molar-refractivity contribution is 5.79. The third-order valence-electron chi connectivity index (χ3n) is 5.17. The van der Waals surface area contributed by atoms with Crippen LogP contribution in [0.4, 0.5) is 8.78 Å². The van der Waals surface area contributed by atoms with E-state index in [2.05, 4.69) is 15.5 Å². The molecule has 1 saturated heterocycles. The minimum absolute atomic E-state index is 0.0355. The van der Waals surface area contributed by atoms with E-state index in [1.54, 1.807) is 15.6 Å². The Balaban J connectivity index is 1.34. The number of carbonyl (C=O) groups excluding carboxylic acids is 1. The Hall–Kier alpha value is -3.16. The number of hydrogen-bond donors (Lipinski definition) is 0. The van der Waals surface area contributed by atoms with Gasteiger partial charge in [0.05, 0.1) is 12.1 Å². The summed E-state index contributed by atoms with van der Waals surface area (Å²) in [6.45, 7) is 1.09. The average molecular weight is 383 g/mol. The highest BCUT2D eigenvalue weighted by Crippen LogP contribution is 2.30. The predicted octanol–water partition coefficient (Wildman–Crippen LogP) is 2.89. The standard InChI is InChI=1S/C20H19F2N5O/c21-18-3-1-2-17(20(18)22)15-8-10-26(11-9-15)19(28)12-14-4-6-16(7-5-14)27-13-23-24-25-27/h1-7,13,15H,8-12H2. The van der Waals surface area contributed by atoms with Crippen LogP contribution in [0.2, 0.25) is 0 Å². The largest absolute Gasteiger partial charge is 0.342 e. The van der Waals surface area contributed by atoms with Crippen LogP contribution in [-0.4, -0.2) is 44.1 Å². The van der Waals surface area contributed by atoms with Gasteiger partial charge >= 0.3 is 0 Å². The quantitative estimate of drug-likeness (QED) is 0.695. The van der Waals surface area contributed by atoms with E-state index in [9.17, 15) is 13.6 Å². The lowest BCUT2D eigenvalue weighted by atomic mass is 9.89. The third kappa shape index (κ3) is 3.76. The van der Waals surface area contributed by atoms with Gasteiger partial charge in [0.2, 0.25) is 5.91 Å². The van der Waals surface area contributed by atoms with Gasteiger partial charge in [-0.25, -0.2) is 13.5 Å². The van der Waals surface area contributed by atoms with Crippen LogP contribution in [0.5, 0.6) is 0 Å². The van der Waals surface area contributed by atoms with Crippen molar-refractivity contribution in [3.05, 3.63) is 71.6 Å². The number of piperidine rings is 1. The van der Waals surface area contributed by atoms with Gasteiger partial charge in [-0.2, -0.15) is 0 Å². The average Bonchev–Trinajstić information content (AvgIpc) is 3.26. The number of tetrazole rings is 1. The van der Waals surface area contributed by atoms with Gasteiger partial charge in [0.15, 0.2) is 11.6 Å². The third-order valence-corrected chi connectivity index (χ3v) is 5.17. The number of carbonyl (C=O) groups is 1. The maximum atomic E-state index is 14.0. The molecule has 0 bridgehead atoms. The van der Waals surface area contributed by atoms with Crippen LogP contribution >= 0.6 is 0 Å². The fourth-order valence-electron chi connectivity index (χ4n) is 3.61. The van der Waals surface area contributed by atoms with Gasteiger partial charge < -0.3 is 4.90 Å². The molecule has 3 aromatic rings. The molecule has 1 aliphatic heterocycles. The molecule has 1 aliphatic rings. The van der Waals surface area contributed by atoms with Crippen molar-refractivity contribution in [1.82, 2.24) is 25.1 Å². The number of likely N-dealkylation sites (tertiary alicyclic amines) is 1. The van der Waals surface area contributed by atoms with Crippen molar-refractivity contribution in [2.45, 2.75) is 25.2 Å². The fourth-order valence-corrected chi connectivity index (χ4v) is 3.61. The summed E-state index contributed by atoms with van der Waals surface area (Å²) in [4.78, 5) is 14.4. The number of aromatic nitrogens is 4. The SMILES string of the molecule is O=C(Cc1ccc(-n2cnnn2)cc1)N1CCC(c2cccc(F)c2F)CC1. The molecule has 0 radical (unpaired) electrons.